The Hall–Kier alpha value is -0.610. The normalized spacial score (nSPS) is 13.5. The van der Waals surface area contributed by atoms with Crippen LogP contribution in [0.5, 0.6) is 0 Å². The number of hydrogen-bond acceptors (Lipinski definition) is 4. The molecule has 0 aromatic heterocycles. The minimum Gasteiger partial charge on any atom is -0.466 e. The molecule has 156 valence electrons. The van der Waals surface area contributed by atoms with Crippen LogP contribution in [0.3, 0.4) is 0 Å². The summed E-state index contributed by atoms with van der Waals surface area (Å²) >= 11 is 0. The van der Waals surface area contributed by atoms with Crippen LogP contribution in [-0.4, -0.2) is 35.0 Å². The van der Waals surface area contributed by atoms with Gasteiger partial charge in [0.1, 0.15) is 0 Å². The second-order valence-corrected chi connectivity index (χ2v) is 7.57. The fourth-order valence-corrected chi connectivity index (χ4v) is 3.07. The molecular formula is C22H44O4. The molecule has 0 spiro atoms. The van der Waals surface area contributed by atoms with Crippen molar-refractivity contribution in [3.8, 4) is 0 Å². The maximum atomic E-state index is 11.4. The van der Waals surface area contributed by atoms with Gasteiger partial charge in [0, 0.05) is 6.42 Å². The molecule has 0 fully saturated rings. The van der Waals surface area contributed by atoms with Crippen molar-refractivity contribution in [2.75, 3.05) is 6.61 Å². The van der Waals surface area contributed by atoms with Gasteiger partial charge in [0.25, 0.3) is 0 Å². The topological polar surface area (TPSA) is 66.8 Å². The smallest absolute Gasteiger partial charge is 0.305 e. The van der Waals surface area contributed by atoms with Crippen LogP contribution in [-0.2, 0) is 9.53 Å². The summed E-state index contributed by atoms with van der Waals surface area (Å²) in [5, 5.41) is 20.0. The molecule has 0 unspecified atom stereocenters. The van der Waals surface area contributed by atoms with Gasteiger partial charge in [-0.3, -0.25) is 4.79 Å². The van der Waals surface area contributed by atoms with Gasteiger partial charge in [0.05, 0.1) is 18.8 Å². The molecule has 0 aliphatic carbocycles. The maximum Gasteiger partial charge on any atom is 0.305 e. The highest BCUT2D eigenvalue weighted by Crippen LogP contribution is 2.15. The SMILES string of the molecule is CCCCCCCC[C@H](O)[C@H](O)CCCCCCCC(=O)OCCCC. The van der Waals surface area contributed by atoms with Crippen LogP contribution in [0.1, 0.15) is 117 Å². The summed E-state index contributed by atoms with van der Waals surface area (Å²) in [7, 11) is 0. The van der Waals surface area contributed by atoms with E-state index in [4.69, 9.17) is 4.74 Å². The van der Waals surface area contributed by atoms with Crippen molar-refractivity contribution < 1.29 is 19.7 Å². The molecule has 0 heterocycles. The monoisotopic (exact) mass is 372 g/mol. The predicted octanol–water partition coefficient (Wildman–Crippen LogP) is 5.53. The third kappa shape index (κ3) is 16.8. The molecule has 4 heteroatoms. The summed E-state index contributed by atoms with van der Waals surface area (Å²) in [6, 6.07) is 0. The highest BCUT2D eigenvalue weighted by Gasteiger charge is 2.15. The first-order chi connectivity index (χ1) is 12.6. The van der Waals surface area contributed by atoms with Crippen molar-refractivity contribution >= 4 is 5.97 Å². The van der Waals surface area contributed by atoms with Crippen molar-refractivity contribution in [1.29, 1.82) is 0 Å². The average molecular weight is 373 g/mol. The molecular weight excluding hydrogens is 328 g/mol. The molecule has 2 N–H and O–H groups in total. The Morgan fingerprint density at radius 3 is 1.69 bits per heavy atom. The van der Waals surface area contributed by atoms with Gasteiger partial charge in [0.15, 0.2) is 0 Å². The Kier molecular flexibility index (Phi) is 18.7. The Morgan fingerprint density at radius 1 is 0.692 bits per heavy atom. The number of aliphatic hydroxyl groups excluding tert-OH is 2. The number of unbranched alkanes of at least 4 members (excludes halogenated alkanes) is 10. The van der Waals surface area contributed by atoms with Gasteiger partial charge in [-0.05, 0) is 25.7 Å². The molecule has 2 atom stereocenters. The Balaban J connectivity index is 3.41. The van der Waals surface area contributed by atoms with Crippen LogP contribution in [0.15, 0.2) is 0 Å². The minimum absolute atomic E-state index is 0.0771. The van der Waals surface area contributed by atoms with Crippen molar-refractivity contribution in [3.63, 3.8) is 0 Å². The fourth-order valence-electron chi connectivity index (χ4n) is 3.07. The average Bonchev–Trinajstić information content (AvgIpc) is 2.63. The van der Waals surface area contributed by atoms with E-state index in [0.717, 1.165) is 57.8 Å². The molecule has 0 aliphatic heterocycles. The first-order valence-corrected chi connectivity index (χ1v) is 11.1. The Morgan fingerprint density at radius 2 is 1.15 bits per heavy atom. The number of carbonyl (C=O) groups is 1. The van der Waals surface area contributed by atoms with E-state index in [1.54, 1.807) is 0 Å². The van der Waals surface area contributed by atoms with Gasteiger partial charge in [0.2, 0.25) is 0 Å². The standard InChI is InChI=1S/C22H44O4/c1-3-5-7-8-10-13-16-20(23)21(24)17-14-11-9-12-15-18-22(25)26-19-6-4-2/h20-21,23-24H,3-19H2,1-2H3/t20-,21+/m0/s1. The zero-order chi connectivity index (χ0) is 19.5. The second kappa shape index (κ2) is 19.2. The fraction of sp³-hybridized carbons (Fsp3) is 0.955. The number of carbonyl (C=O) groups excluding carboxylic acids is 1. The summed E-state index contributed by atoms with van der Waals surface area (Å²) in [6.45, 7) is 4.84. The van der Waals surface area contributed by atoms with E-state index in [1.165, 1.54) is 25.7 Å². The van der Waals surface area contributed by atoms with E-state index in [9.17, 15) is 15.0 Å². The van der Waals surface area contributed by atoms with Gasteiger partial charge in [-0.1, -0.05) is 84.5 Å². The lowest BCUT2D eigenvalue weighted by Gasteiger charge is -2.17. The molecule has 0 saturated carbocycles. The van der Waals surface area contributed by atoms with Crippen LogP contribution in [0, 0.1) is 0 Å². The first kappa shape index (κ1) is 25.4. The molecule has 0 saturated heterocycles. The quantitative estimate of drug-likeness (QED) is 0.231. The third-order valence-corrected chi connectivity index (χ3v) is 4.94. The molecule has 4 nitrogen and oxygen atoms in total. The van der Waals surface area contributed by atoms with Crippen molar-refractivity contribution in [2.45, 2.75) is 129 Å². The zero-order valence-electron chi connectivity index (χ0n) is 17.4. The van der Waals surface area contributed by atoms with E-state index in [-0.39, 0.29) is 5.97 Å². The lowest BCUT2D eigenvalue weighted by Crippen LogP contribution is -2.25. The van der Waals surface area contributed by atoms with Crippen LogP contribution in [0.25, 0.3) is 0 Å². The molecule has 0 amide bonds. The number of ether oxygens (including phenoxy) is 1. The summed E-state index contributed by atoms with van der Waals surface area (Å²) in [4.78, 5) is 11.4. The highest BCUT2D eigenvalue weighted by molar-refractivity contribution is 5.69. The van der Waals surface area contributed by atoms with Crippen LogP contribution in [0.2, 0.25) is 0 Å². The van der Waals surface area contributed by atoms with Crippen LogP contribution >= 0.6 is 0 Å². The van der Waals surface area contributed by atoms with E-state index < -0.39 is 12.2 Å². The Labute approximate surface area is 161 Å². The van der Waals surface area contributed by atoms with Gasteiger partial charge >= 0.3 is 5.97 Å². The Bertz CT molecular complexity index is 307. The van der Waals surface area contributed by atoms with Crippen LogP contribution < -0.4 is 0 Å². The van der Waals surface area contributed by atoms with E-state index in [0.29, 0.717) is 25.9 Å². The van der Waals surface area contributed by atoms with Crippen molar-refractivity contribution in [2.24, 2.45) is 0 Å². The van der Waals surface area contributed by atoms with Gasteiger partial charge in [-0.15, -0.1) is 0 Å². The first-order valence-electron chi connectivity index (χ1n) is 11.1. The molecule has 0 bridgehead atoms. The summed E-state index contributed by atoms with van der Waals surface area (Å²) in [5.41, 5.74) is 0. The van der Waals surface area contributed by atoms with Crippen molar-refractivity contribution in [1.82, 2.24) is 0 Å². The van der Waals surface area contributed by atoms with E-state index >= 15 is 0 Å². The lowest BCUT2D eigenvalue weighted by molar-refractivity contribution is -0.143. The molecule has 0 rings (SSSR count). The molecule has 0 aromatic rings. The maximum absolute atomic E-state index is 11.4. The second-order valence-electron chi connectivity index (χ2n) is 7.57. The molecule has 0 radical (unpaired) electrons. The minimum atomic E-state index is -0.584. The number of rotatable bonds is 19. The molecule has 0 aromatic carbocycles. The highest BCUT2D eigenvalue weighted by atomic mass is 16.5. The summed E-state index contributed by atoms with van der Waals surface area (Å²) < 4.78 is 5.13. The van der Waals surface area contributed by atoms with E-state index in [2.05, 4.69) is 13.8 Å². The summed E-state index contributed by atoms with van der Waals surface area (Å²) in [6.07, 6.45) is 15.0. The van der Waals surface area contributed by atoms with Gasteiger partial charge in [-0.2, -0.15) is 0 Å². The predicted molar refractivity (Wildman–Crippen MR) is 108 cm³/mol. The number of aliphatic hydroxyl groups is 2. The molecule has 26 heavy (non-hydrogen) atoms. The van der Waals surface area contributed by atoms with E-state index in [1.807, 2.05) is 0 Å². The zero-order valence-corrected chi connectivity index (χ0v) is 17.4. The largest absolute Gasteiger partial charge is 0.466 e. The van der Waals surface area contributed by atoms with Gasteiger partial charge in [-0.25, -0.2) is 0 Å². The third-order valence-electron chi connectivity index (χ3n) is 4.94. The van der Waals surface area contributed by atoms with Crippen molar-refractivity contribution in [3.05, 3.63) is 0 Å². The van der Waals surface area contributed by atoms with Gasteiger partial charge < -0.3 is 14.9 Å². The molecule has 0 aliphatic rings. The number of esters is 1. The lowest BCUT2D eigenvalue weighted by atomic mass is 9.99. The van der Waals surface area contributed by atoms with Crippen LogP contribution in [0.4, 0.5) is 0 Å². The number of hydrogen-bond donors (Lipinski definition) is 2. The summed E-state index contributed by atoms with van der Waals surface area (Å²) in [5.74, 6) is -0.0771.